The summed E-state index contributed by atoms with van der Waals surface area (Å²) >= 11 is 0. The Hall–Kier alpha value is -6.32. The van der Waals surface area contributed by atoms with Gasteiger partial charge in [0.05, 0.1) is 81.8 Å². The smallest absolute Gasteiger partial charge is 0.329 e. The van der Waals surface area contributed by atoms with Crippen LogP contribution in [0.3, 0.4) is 0 Å². The molecule has 0 aliphatic carbocycles. The molecule has 2 heterocycles. The number of aliphatic hydroxyl groups excluding tert-OH is 1. The molecule has 18 nitrogen and oxygen atoms in total. The molecular formula is C61H77NO17. The number of rotatable bonds is 30. The van der Waals surface area contributed by atoms with Gasteiger partial charge in [0, 0.05) is 18.9 Å². The van der Waals surface area contributed by atoms with Crippen molar-refractivity contribution in [3.63, 3.8) is 0 Å². The number of ether oxygens (including phenoxy) is 14. The predicted molar refractivity (Wildman–Crippen MR) is 291 cm³/mol. The molecule has 2 aliphatic rings. The van der Waals surface area contributed by atoms with Crippen molar-refractivity contribution >= 4 is 11.9 Å². The summed E-state index contributed by atoms with van der Waals surface area (Å²) in [6, 6.07) is 36.1. The Bertz CT molecular complexity index is 2570. The number of carbonyl (C=O) groups excluding carboxylic acids is 2. The van der Waals surface area contributed by atoms with Crippen LogP contribution in [-0.2, 0) is 85.3 Å². The quantitative estimate of drug-likeness (QED) is 0.0330. The van der Waals surface area contributed by atoms with Crippen LogP contribution >= 0.6 is 0 Å². The van der Waals surface area contributed by atoms with Gasteiger partial charge in [-0.05, 0) is 94.4 Å². The third kappa shape index (κ3) is 17.6. The zero-order valence-corrected chi connectivity index (χ0v) is 46.4. The first-order chi connectivity index (χ1) is 38.4. The van der Waals surface area contributed by atoms with Crippen LogP contribution < -0.4 is 29.0 Å². The molecule has 0 bridgehead atoms. The fourth-order valence-corrected chi connectivity index (χ4v) is 8.91. The van der Waals surface area contributed by atoms with Crippen molar-refractivity contribution < 1.29 is 81.0 Å². The molecule has 2 fully saturated rings. The zero-order chi connectivity index (χ0) is 56.1. The molecule has 5 aromatic carbocycles. The van der Waals surface area contributed by atoms with E-state index in [-0.39, 0.29) is 71.1 Å². The average Bonchev–Trinajstić information content (AvgIpc) is 3.57. The number of hydrogen-bond donors (Lipinski definition) is 2. The lowest BCUT2D eigenvalue weighted by atomic mass is 9.92. The number of hydrogen-bond acceptors (Lipinski definition) is 17. The second-order valence-corrected chi connectivity index (χ2v) is 19.5. The molecule has 0 spiro atoms. The van der Waals surface area contributed by atoms with Gasteiger partial charge in [-0.1, -0.05) is 87.9 Å². The molecule has 11 atom stereocenters. The summed E-state index contributed by atoms with van der Waals surface area (Å²) in [6.07, 6.45) is -8.30. The Kier molecular flexibility index (Phi) is 23.6. The van der Waals surface area contributed by atoms with Crippen LogP contribution in [0.15, 0.2) is 121 Å². The summed E-state index contributed by atoms with van der Waals surface area (Å²) in [5.74, 6) is 1.96. The summed E-state index contributed by atoms with van der Waals surface area (Å²) in [5, 5.41) is 14.7. The first-order valence-electron chi connectivity index (χ1n) is 26.7. The van der Waals surface area contributed by atoms with Crippen molar-refractivity contribution in [3.8, 4) is 28.7 Å². The maximum atomic E-state index is 14.7. The molecule has 2 N–H and O–H groups in total. The number of methoxy groups -OCH3 is 5. The van der Waals surface area contributed by atoms with E-state index in [1.807, 2.05) is 130 Å². The number of benzene rings is 5. The van der Waals surface area contributed by atoms with Crippen molar-refractivity contribution in [2.45, 2.75) is 122 Å². The average molecular weight is 1100 g/mol. The monoisotopic (exact) mass is 1100 g/mol. The fourth-order valence-electron chi connectivity index (χ4n) is 8.91. The third-order valence-corrected chi connectivity index (χ3v) is 14.3. The Balaban J connectivity index is 1.20. The van der Waals surface area contributed by atoms with E-state index in [9.17, 15) is 14.7 Å². The number of nitrogens with one attached hydrogen (secondary N) is 1. The SMILES string of the molecule is CC[C@H](C)[C@H](C)C(=O)N[C@@H](CCOCc1ccc(OC)cc1)C(=O)OC1COC(O)C(OCc2ccc(OC)cc2)C1OC1OCC(OCc2ccc(OC)cc2)C(OCc2ccc(OC)cc2)C1OCc1ccc(OC)cc1. The standard InChI is InChI=1S/C61H77NO17/c1-9-39(2)40(3)58(63)62-51(30-31-71-32-41-10-20-46(66-4)21-11-41)59(64)78-53-38-76-60(65)56(74-35-44-16-26-49(69-7)27-17-44)55(53)79-61-57(75-36-45-18-28-50(70-8)29-19-45)54(73-34-43-14-24-48(68-6)25-15-43)52(37-77-61)72-33-42-12-22-47(67-5)23-13-42/h10-29,39-40,51-57,60-61,65H,9,30-38H2,1-8H3,(H,62,63)/t39-,40-,51-,52?,53?,54?,55?,56?,57?,60?,61?/m0/s1. The van der Waals surface area contributed by atoms with Gasteiger partial charge in [-0.25, -0.2) is 4.79 Å². The molecule has 2 saturated heterocycles. The van der Waals surface area contributed by atoms with Crippen molar-refractivity contribution in [1.82, 2.24) is 5.32 Å². The highest BCUT2D eigenvalue weighted by Gasteiger charge is 2.50. The van der Waals surface area contributed by atoms with Gasteiger partial charge in [-0.15, -0.1) is 0 Å². The van der Waals surface area contributed by atoms with Crippen molar-refractivity contribution in [2.75, 3.05) is 55.4 Å². The minimum Gasteiger partial charge on any atom is -0.497 e. The maximum absolute atomic E-state index is 14.7. The Morgan fingerprint density at radius 3 is 1.38 bits per heavy atom. The molecule has 0 saturated carbocycles. The number of carbonyl (C=O) groups is 2. The Morgan fingerprint density at radius 2 is 0.937 bits per heavy atom. The lowest BCUT2D eigenvalue weighted by Crippen LogP contribution is -2.62. The molecule has 79 heavy (non-hydrogen) atoms. The number of amides is 1. The lowest BCUT2D eigenvalue weighted by molar-refractivity contribution is -0.347. The first kappa shape index (κ1) is 60.3. The van der Waals surface area contributed by atoms with Gasteiger partial charge in [0.2, 0.25) is 5.91 Å². The van der Waals surface area contributed by atoms with E-state index in [1.54, 1.807) is 47.7 Å². The van der Waals surface area contributed by atoms with E-state index in [4.69, 9.17) is 66.3 Å². The van der Waals surface area contributed by atoms with Crippen LogP contribution in [-0.4, -0.2) is 128 Å². The van der Waals surface area contributed by atoms with Crippen LogP contribution in [0.4, 0.5) is 0 Å². The Labute approximate surface area is 463 Å². The number of esters is 1. The molecule has 18 heteroatoms. The molecule has 7 rings (SSSR count). The highest BCUT2D eigenvalue weighted by atomic mass is 16.7. The van der Waals surface area contributed by atoms with Gasteiger partial charge in [-0.2, -0.15) is 0 Å². The molecule has 2 aliphatic heterocycles. The maximum Gasteiger partial charge on any atom is 0.329 e. The molecule has 0 radical (unpaired) electrons. The highest BCUT2D eigenvalue weighted by Crippen LogP contribution is 2.33. The van der Waals surface area contributed by atoms with Gasteiger partial charge >= 0.3 is 5.97 Å². The highest BCUT2D eigenvalue weighted by molar-refractivity contribution is 5.85. The van der Waals surface area contributed by atoms with Gasteiger partial charge in [0.1, 0.15) is 65.3 Å². The zero-order valence-electron chi connectivity index (χ0n) is 46.4. The molecule has 5 aromatic rings. The second-order valence-electron chi connectivity index (χ2n) is 19.5. The topological polar surface area (TPSA) is 196 Å². The molecule has 428 valence electrons. The number of aliphatic hydroxyl groups is 1. The van der Waals surface area contributed by atoms with E-state index in [0.717, 1.165) is 34.2 Å². The van der Waals surface area contributed by atoms with Gasteiger partial charge in [0.25, 0.3) is 0 Å². The van der Waals surface area contributed by atoms with Crippen LogP contribution in [0, 0.1) is 11.8 Å². The minimum absolute atomic E-state index is 0.00881. The van der Waals surface area contributed by atoms with Gasteiger partial charge in [-0.3, -0.25) is 4.79 Å². The fraction of sp³-hybridized carbons (Fsp3) is 0.475. The van der Waals surface area contributed by atoms with Crippen LogP contribution in [0.2, 0.25) is 0 Å². The lowest BCUT2D eigenvalue weighted by Gasteiger charge is -2.46. The molecule has 1 amide bonds. The van der Waals surface area contributed by atoms with E-state index < -0.39 is 67.1 Å². The third-order valence-electron chi connectivity index (χ3n) is 14.3. The van der Waals surface area contributed by atoms with E-state index in [2.05, 4.69) is 5.32 Å². The van der Waals surface area contributed by atoms with Crippen LogP contribution in [0.1, 0.15) is 61.4 Å². The Morgan fingerprint density at radius 1 is 0.532 bits per heavy atom. The summed E-state index contributed by atoms with van der Waals surface area (Å²) in [7, 11) is 7.99. The van der Waals surface area contributed by atoms with Crippen molar-refractivity contribution in [3.05, 3.63) is 149 Å². The van der Waals surface area contributed by atoms with Crippen LogP contribution in [0.25, 0.3) is 0 Å². The normalized spacial score (nSPS) is 22.2. The van der Waals surface area contributed by atoms with E-state index in [0.29, 0.717) is 28.7 Å². The molecule has 0 aromatic heterocycles. The summed E-state index contributed by atoms with van der Waals surface area (Å²) in [6.45, 7) is 6.24. The van der Waals surface area contributed by atoms with Crippen molar-refractivity contribution in [1.29, 1.82) is 0 Å². The largest absolute Gasteiger partial charge is 0.497 e. The first-order valence-corrected chi connectivity index (χ1v) is 26.7. The van der Waals surface area contributed by atoms with E-state index in [1.165, 1.54) is 0 Å². The summed E-state index contributed by atoms with van der Waals surface area (Å²) in [4.78, 5) is 28.5. The van der Waals surface area contributed by atoms with E-state index >= 15 is 0 Å². The van der Waals surface area contributed by atoms with Crippen LogP contribution in [0.5, 0.6) is 28.7 Å². The van der Waals surface area contributed by atoms with Gasteiger partial charge in [0.15, 0.2) is 18.7 Å². The summed E-state index contributed by atoms with van der Waals surface area (Å²) < 4.78 is 85.8. The summed E-state index contributed by atoms with van der Waals surface area (Å²) in [5.41, 5.74) is 4.19. The second kappa shape index (κ2) is 30.9. The minimum atomic E-state index is -1.55. The van der Waals surface area contributed by atoms with Crippen molar-refractivity contribution in [2.24, 2.45) is 11.8 Å². The predicted octanol–water partition coefficient (Wildman–Crippen LogP) is 8.15. The molecule has 8 unspecified atom stereocenters. The molecular weight excluding hydrogens is 1020 g/mol. The van der Waals surface area contributed by atoms with Gasteiger partial charge < -0.3 is 76.7 Å².